The molecule has 1 aliphatic heterocycles. The third-order valence-corrected chi connectivity index (χ3v) is 5.82. The van der Waals surface area contributed by atoms with Crippen molar-refractivity contribution in [3.05, 3.63) is 30.5 Å². The highest BCUT2D eigenvalue weighted by atomic mass is 32.2. The molecule has 1 aromatic heterocycles. The van der Waals surface area contributed by atoms with Crippen molar-refractivity contribution in [2.75, 3.05) is 37.1 Å². The van der Waals surface area contributed by atoms with E-state index in [1.807, 2.05) is 18.3 Å². The standard InChI is InChI=1S/C18H25N3O2S/c1-23-17-5-3-4-15-16(6-10-20-18(15)17)21-11-7-14(8-12-21)9-13-24(2,19)22/h3-6,10,14,19H,7-9,11-13H2,1-2H3. The summed E-state index contributed by atoms with van der Waals surface area (Å²) in [6.45, 7) is 1.98. The van der Waals surface area contributed by atoms with Gasteiger partial charge in [-0.1, -0.05) is 12.1 Å². The largest absolute Gasteiger partial charge is 0.494 e. The summed E-state index contributed by atoms with van der Waals surface area (Å²) in [5, 5.41) is 1.12. The molecular formula is C18H25N3O2S. The van der Waals surface area contributed by atoms with Gasteiger partial charge in [0, 0.05) is 52.1 Å². The quantitative estimate of drug-likeness (QED) is 0.898. The van der Waals surface area contributed by atoms with Gasteiger partial charge < -0.3 is 9.64 Å². The van der Waals surface area contributed by atoms with Crippen LogP contribution in [0.5, 0.6) is 5.75 Å². The van der Waals surface area contributed by atoms with E-state index >= 15 is 0 Å². The van der Waals surface area contributed by atoms with Gasteiger partial charge in [-0.3, -0.25) is 14.0 Å². The fourth-order valence-corrected chi connectivity index (χ4v) is 4.21. The molecule has 2 heterocycles. The van der Waals surface area contributed by atoms with Crippen molar-refractivity contribution in [1.29, 1.82) is 4.78 Å². The van der Waals surface area contributed by atoms with E-state index in [2.05, 4.69) is 22.0 Å². The lowest BCUT2D eigenvalue weighted by Crippen LogP contribution is -2.34. The van der Waals surface area contributed by atoms with Gasteiger partial charge in [0.25, 0.3) is 0 Å². The molecule has 0 bridgehead atoms. The summed E-state index contributed by atoms with van der Waals surface area (Å²) >= 11 is 0. The summed E-state index contributed by atoms with van der Waals surface area (Å²) in [7, 11) is -0.688. The lowest BCUT2D eigenvalue weighted by molar-refractivity contribution is 0.396. The lowest BCUT2D eigenvalue weighted by Gasteiger charge is -2.34. The lowest BCUT2D eigenvalue weighted by atomic mass is 9.94. The zero-order chi connectivity index (χ0) is 17.2. The molecule has 24 heavy (non-hydrogen) atoms. The molecule has 0 aliphatic carbocycles. The van der Waals surface area contributed by atoms with Crippen LogP contribution >= 0.6 is 0 Å². The van der Waals surface area contributed by atoms with Crippen LogP contribution in [-0.4, -0.2) is 41.4 Å². The van der Waals surface area contributed by atoms with Crippen molar-refractivity contribution >= 4 is 26.3 Å². The monoisotopic (exact) mass is 347 g/mol. The van der Waals surface area contributed by atoms with Gasteiger partial charge in [0.15, 0.2) is 0 Å². The van der Waals surface area contributed by atoms with E-state index in [9.17, 15) is 4.21 Å². The van der Waals surface area contributed by atoms with E-state index in [0.29, 0.717) is 11.7 Å². The van der Waals surface area contributed by atoms with Gasteiger partial charge in [0.1, 0.15) is 11.3 Å². The summed E-state index contributed by atoms with van der Waals surface area (Å²) < 4.78 is 24.5. The van der Waals surface area contributed by atoms with E-state index < -0.39 is 9.73 Å². The average molecular weight is 347 g/mol. The zero-order valence-corrected chi connectivity index (χ0v) is 15.1. The van der Waals surface area contributed by atoms with Crippen molar-refractivity contribution in [2.45, 2.75) is 19.3 Å². The molecule has 6 heteroatoms. The van der Waals surface area contributed by atoms with Gasteiger partial charge in [0.2, 0.25) is 0 Å². The first-order chi connectivity index (χ1) is 11.5. The molecular weight excluding hydrogens is 322 g/mol. The topological polar surface area (TPSA) is 66.3 Å². The number of ether oxygens (including phenoxy) is 1. The summed E-state index contributed by atoms with van der Waals surface area (Å²) in [6.07, 6.45) is 6.46. The highest BCUT2D eigenvalue weighted by molar-refractivity contribution is 7.91. The number of nitrogens with zero attached hydrogens (tertiary/aromatic N) is 2. The Morgan fingerprint density at radius 1 is 1.33 bits per heavy atom. The fraction of sp³-hybridized carbons (Fsp3) is 0.500. The van der Waals surface area contributed by atoms with Crippen molar-refractivity contribution in [1.82, 2.24) is 4.98 Å². The summed E-state index contributed by atoms with van der Waals surface area (Å²) in [6, 6.07) is 8.11. The predicted octanol–water partition coefficient (Wildman–Crippen LogP) is 3.53. The Hall–Kier alpha value is -1.82. The molecule has 0 spiro atoms. The number of nitrogens with one attached hydrogen (secondary N) is 1. The van der Waals surface area contributed by atoms with Gasteiger partial charge in [-0.05, 0) is 37.3 Å². The average Bonchev–Trinajstić information content (AvgIpc) is 2.59. The number of benzene rings is 1. The van der Waals surface area contributed by atoms with E-state index in [1.165, 1.54) is 5.69 Å². The molecule has 1 aliphatic rings. The number of pyridine rings is 1. The van der Waals surface area contributed by atoms with Crippen LogP contribution in [0, 0.1) is 10.7 Å². The Labute approximate surface area is 144 Å². The Morgan fingerprint density at radius 2 is 2.08 bits per heavy atom. The molecule has 0 amide bonds. The number of para-hydroxylation sites is 1. The highest BCUT2D eigenvalue weighted by Crippen LogP contribution is 2.33. The minimum absolute atomic E-state index is 0.521. The summed E-state index contributed by atoms with van der Waals surface area (Å²) in [5.74, 6) is 1.90. The number of piperidine rings is 1. The summed E-state index contributed by atoms with van der Waals surface area (Å²) in [5.41, 5.74) is 2.11. The second-order valence-electron chi connectivity index (χ2n) is 6.61. The Balaban J connectivity index is 1.74. The molecule has 1 saturated heterocycles. The molecule has 0 saturated carbocycles. The maximum absolute atomic E-state index is 11.6. The maximum Gasteiger partial charge on any atom is 0.145 e. The van der Waals surface area contributed by atoms with Gasteiger partial charge >= 0.3 is 0 Å². The van der Waals surface area contributed by atoms with E-state index in [4.69, 9.17) is 9.52 Å². The first-order valence-corrected chi connectivity index (χ1v) is 10.5. The number of methoxy groups -OCH3 is 1. The van der Waals surface area contributed by atoms with Crippen LogP contribution in [0.2, 0.25) is 0 Å². The minimum atomic E-state index is -2.36. The first kappa shape index (κ1) is 17.0. The number of anilines is 1. The third kappa shape index (κ3) is 3.80. The van der Waals surface area contributed by atoms with Crippen molar-refractivity contribution in [2.24, 2.45) is 5.92 Å². The fourth-order valence-electron chi connectivity index (χ4n) is 3.43. The number of rotatable bonds is 5. The van der Waals surface area contributed by atoms with Crippen LogP contribution in [0.3, 0.4) is 0 Å². The molecule has 1 aromatic carbocycles. The van der Waals surface area contributed by atoms with E-state index in [1.54, 1.807) is 13.4 Å². The third-order valence-electron chi connectivity index (χ3n) is 4.80. The van der Waals surface area contributed by atoms with Crippen molar-refractivity contribution in [3.63, 3.8) is 0 Å². The van der Waals surface area contributed by atoms with Crippen LogP contribution in [0.25, 0.3) is 10.9 Å². The Morgan fingerprint density at radius 3 is 2.75 bits per heavy atom. The highest BCUT2D eigenvalue weighted by Gasteiger charge is 2.21. The van der Waals surface area contributed by atoms with Gasteiger partial charge in [0.05, 0.1) is 7.11 Å². The molecule has 2 aromatic rings. The number of hydrogen-bond acceptors (Lipinski definition) is 5. The number of hydrogen-bond donors (Lipinski definition) is 1. The van der Waals surface area contributed by atoms with Gasteiger partial charge in [-0.15, -0.1) is 0 Å². The Bertz CT molecular complexity index is 812. The normalized spacial score (nSPS) is 18.5. The second kappa shape index (κ2) is 6.97. The molecule has 0 radical (unpaired) electrons. The van der Waals surface area contributed by atoms with Gasteiger partial charge in [-0.2, -0.15) is 0 Å². The molecule has 1 fully saturated rings. The van der Waals surface area contributed by atoms with Crippen molar-refractivity contribution < 1.29 is 8.95 Å². The Kier molecular flexibility index (Phi) is 4.94. The predicted molar refractivity (Wildman–Crippen MR) is 99.5 cm³/mol. The molecule has 1 unspecified atom stereocenters. The van der Waals surface area contributed by atoms with E-state index in [0.717, 1.165) is 49.0 Å². The zero-order valence-electron chi connectivity index (χ0n) is 14.3. The van der Waals surface area contributed by atoms with Crippen molar-refractivity contribution in [3.8, 4) is 5.75 Å². The van der Waals surface area contributed by atoms with Gasteiger partial charge in [-0.25, -0.2) is 0 Å². The first-order valence-electron chi connectivity index (χ1n) is 8.36. The van der Waals surface area contributed by atoms with Crippen LogP contribution in [0.4, 0.5) is 5.69 Å². The SMILES string of the molecule is COc1cccc2c(N3CCC(CCS(C)(=N)=O)CC3)ccnc12. The molecule has 1 atom stereocenters. The molecule has 130 valence electrons. The van der Waals surface area contributed by atoms with Crippen LogP contribution in [0.15, 0.2) is 30.5 Å². The molecule has 1 N–H and O–H groups in total. The minimum Gasteiger partial charge on any atom is -0.494 e. The smallest absolute Gasteiger partial charge is 0.145 e. The molecule has 3 rings (SSSR count). The van der Waals surface area contributed by atoms with Crippen LogP contribution in [0.1, 0.15) is 19.3 Å². The van der Waals surface area contributed by atoms with Crippen LogP contribution < -0.4 is 9.64 Å². The maximum atomic E-state index is 11.6. The molecule has 5 nitrogen and oxygen atoms in total. The van der Waals surface area contributed by atoms with Crippen LogP contribution in [-0.2, 0) is 9.73 Å². The van der Waals surface area contributed by atoms with E-state index in [-0.39, 0.29) is 0 Å². The number of aromatic nitrogens is 1. The summed E-state index contributed by atoms with van der Waals surface area (Å²) in [4.78, 5) is 6.88. The second-order valence-corrected chi connectivity index (χ2v) is 9.03. The number of fused-ring (bicyclic) bond motifs is 1.